The van der Waals surface area contributed by atoms with Gasteiger partial charge in [0.1, 0.15) is 5.75 Å². The van der Waals surface area contributed by atoms with E-state index < -0.39 is 0 Å². The zero-order valence-electron chi connectivity index (χ0n) is 11.5. The number of likely N-dealkylation sites (N-methyl/N-ethyl adjacent to an activating group) is 2. The van der Waals surface area contributed by atoms with Crippen molar-refractivity contribution in [2.24, 2.45) is 5.92 Å². The van der Waals surface area contributed by atoms with Gasteiger partial charge in [-0.1, -0.05) is 18.2 Å². The van der Waals surface area contributed by atoms with Crippen LogP contribution in [0.1, 0.15) is 12.0 Å². The lowest BCUT2D eigenvalue weighted by Crippen LogP contribution is -2.32. The molecule has 3 nitrogen and oxygen atoms in total. The van der Waals surface area contributed by atoms with E-state index in [0.29, 0.717) is 5.92 Å². The number of nitrogens with zero attached hydrogens (tertiary/aromatic N) is 1. The topological polar surface area (TPSA) is 24.5 Å². The molecule has 0 aliphatic carbocycles. The minimum atomic E-state index is 0.704. The zero-order valence-corrected chi connectivity index (χ0v) is 11.5. The molecule has 18 heavy (non-hydrogen) atoms. The maximum atomic E-state index is 5.81. The van der Waals surface area contributed by atoms with E-state index in [1.54, 1.807) is 0 Å². The first-order chi connectivity index (χ1) is 8.79. The molecule has 0 fully saturated rings. The van der Waals surface area contributed by atoms with Crippen LogP contribution in [0.25, 0.3) is 0 Å². The summed E-state index contributed by atoms with van der Waals surface area (Å²) in [6, 6.07) is 8.44. The van der Waals surface area contributed by atoms with E-state index in [0.717, 1.165) is 44.8 Å². The van der Waals surface area contributed by atoms with Gasteiger partial charge in [-0.15, -0.1) is 0 Å². The first-order valence-electron chi connectivity index (χ1n) is 6.83. The Hall–Kier alpha value is -1.06. The normalized spacial score (nSPS) is 19.2. The molecule has 0 radical (unpaired) electrons. The van der Waals surface area contributed by atoms with Crippen LogP contribution in [-0.2, 0) is 6.42 Å². The summed E-state index contributed by atoms with van der Waals surface area (Å²) in [6.07, 6.45) is 2.29. The van der Waals surface area contributed by atoms with Crippen LogP contribution in [-0.4, -0.2) is 45.2 Å². The number of hydrogen-bond donors (Lipinski definition) is 1. The van der Waals surface area contributed by atoms with Gasteiger partial charge in [-0.25, -0.2) is 0 Å². The highest BCUT2D eigenvalue weighted by Gasteiger charge is 2.18. The van der Waals surface area contributed by atoms with Crippen LogP contribution < -0.4 is 10.1 Å². The van der Waals surface area contributed by atoms with E-state index in [2.05, 4.69) is 41.5 Å². The average Bonchev–Trinajstić information content (AvgIpc) is 2.57. The zero-order chi connectivity index (χ0) is 12.8. The van der Waals surface area contributed by atoms with Crippen molar-refractivity contribution in [3.8, 4) is 5.75 Å². The summed E-state index contributed by atoms with van der Waals surface area (Å²) in [4.78, 5) is 2.41. The van der Waals surface area contributed by atoms with Crippen LogP contribution in [0.3, 0.4) is 0 Å². The molecule has 1 N–H and O–H groups in total. The molecule has 1 atom stereocenters. The van der Waals surface area contributed by atoms with Crippen LogP contribution in [0.15, 0.2) is 24.3 Å². The molecule has 1 heterocycles. The van der Waals surface area contributed by atoms with Gasteiger partial charge in [0.15, 0.2) is 0 Å². The third kappa shape index (κ3) is 3.72. The monoisotopic (exact) mass is 248 g/mol. The van der Waals surface area contributed by atoms with Crippen molar-refractivity contribution < 1.29 is 4.74 Å². The Bertz CT molecular complexity index is 367. The molecule has 0 saturated heterocycles. The molecule has 3 heteroatoms. The average molecular weight is 248 g/mol. The Morgan fingerprint density at radius 1 is 1.39 bits per heavy atom. The van der Waals surface area contributed by atoms with Crippen LogP contribution >= 0.6 is 0 Å². The predicted octanol–water partition coefficient (Wildman–Crippen LogP) is 1.78. The SMILES string of the molecule is CNCCN(C)C[C@@H]1CCOc2ccccc2C1. The van der Waals surface area contributed by atoms with Crippen molar-refractivity contribution in [2.75, 3.05) is 40.3 Å². The van der Waals surface area contributed by atoms with Gasteiger partial charge < -0.3 is 15.0 Å². The fourth-order valence-corrected chi connectivity index (χ4v) is 2.55. The van der Waals surface area contributed by atoms with Crippen molar-refractivity contribution >= 4 is 0 Å². The minimum Gasteiger partial charge on any atom is -0.493 e. The van der Waals surface area contributed by atoms with E-state index in [9.17, 15) is 0 Å². The highest BCUT2D eigenvalue weighted by molar-refractivity contribution is 5.34. The van der Waals surface area contributed by atoms with Crippen molar-refractivity contribution in [2.45, 2.75) is 12.8 Å². The first-order valence-corrected chi connectivity index (χ1v) is 6.83. The molecule has 0 aromatic heterocycles. The van der Waals surface area contributed by atoms with Gasteiger partial charge in [-0.3, -0.25) is 0 Å². The van der Waals surface area contributed by atoms with Crippen molar-refractivity contribution in [1.29, 1.82) is 0 Å². The molecule has 0 spiro atoms. The van der Waals surface area contributed by atoms with E-state index in [-0.39, 0.29) is 0 Å². The Morgan fingerprint density at radius 2 is 2.22 bits per heavy atom. The molecule has 1 aliphatic heterocycles. The molecule has 0 saturated carbocycles. The lowest BCUT2D eigenvalue weighted by Gasteiger charge is -2.22. The van der Waals surface area contributed by atoms with Crippen LogP contribution in [0, 0.1) is 5.92 Å². The lowest BCUT2D eigenvalue weighted by molar-refractivity contribution is 0.240. The highest BCUT2D eigenvalue weighted by atomic mass is 16.5. The van der Waals surface area contributed by atoms with E-state index in [1.165, 1.54) is 5.56 Å². The minimum absolute atomic E-state index is 0.704. The molecule has 1 aromatic carbocycles. The fourth-order valence-electron chi connectivity index (χ4n) is 2.55. The van der Waals surface area contributed by atoms with Gasteiger partial charge in [0.25, 0.3) is 0 Å². The van der Waals surface area contributed by atoms with Crippen LogP contribution in [0.5, 0.6) is 5.75 Å². The lowest BCUT2D eigenvalue weighted by atomic mass is 9.96. The number of ether oxygens (including phenoxy) is 1. The first kappa shape index (κ1) is 13.4. The molecule has 0 bridgehead atoms. The molecule has 2 rings (SSSR count). The summed E-state index contributed by atoms with van der Waals surface area (Å²) in [7, 11) is 4.21. The van der Waals surface area contributed by atoms with Gasteiger partial charge in [-0.05, 0) is 44.5 Å². The summed E-state index contributed by atoms with van der Waals surface area (Å²) in [6.45, 7) is 4.16. The van der Waals surface area contributed by atoms with Crippen LogP contribution in [0.4, 0.5) is 0 Å². The van der Waals surface area contributed by atoms with Crippen molar-refractivity contribution in [3.05, 3.63) is 29.8 Å². The number of fused-ring (bicyclic) bond motifs is 1. The number of rotatable bonds is 5. The molecular formula is C15H24N2O. The molecular weight excluding hydrogens is 224 g/mol. The molecule has 1 aromatic rings. The second-order valence-corrected chi connectivity index (χ2v) is 5.18. The molecule has 100 valence electrons. The smallest absolute Gasteiger partial charge is 0.122 e. The summed E-state index contributed by atoms with van der Waals surface area (Å²) in [5.74, 6) is 1.79. The Labute approximate surface area is 110 Å². The maximum Gasteiger partial charge on any atom is 0.122 e. The highest BCUT2D eigenvalue weighted by Crippen LogP contribution is 2.26. The maximum absolute atomic E-state index is 5.81. The standard InChI is InChI=1S/C15H24N2O/c1-16-8-9-17(2)12-13-7-10-18-15-6-4-3-5-14(15)11-13/h3-6,13,16H,7-12H2,1-2H3/t13-/m1/s1. The van der Waals surface area contributed by atoms with Crippen LogP contribution in [0.2, 0.25) is 0 Å². The predicted molar refractivity (Wildman–Crippen MR) is 75.2 cm³/mol. The Balaban J connectivity index is 1.91. The summed E-state index contributed by atoms with van der Waals surface area (Å²) < 4.78 is 5.81. The van der Waals surface area contributed by atoms with E-state index >= 15 is 0 Å². The van der Waals surface area contributed by atoms with Crippen molar-refractivity contribution in [1.82, 2.24) is 10.2 Å². The third-order valence-corrected chi connectivity index (χ3v) is 3.58. The number of nitrogens with one attached hydrogen (secondary N) is 1. The summed E-state index contributed by atoms with van der Waals surface area (Å²) in [5, 5.41) is 3.20. The number of para-hydroxylation sites is 1. The van der Waals surface area contributed by atoms with Gasteiger partial charge in [0.2, 0.25) is 0 Å². The number of hydrogen-bond acceptors (Lipinski definition) is 3. The molecule has 0 amide bonds. The van der Waals surface area contributed by atoms with E-state index in [1.807, 2.05) is 7.05 Å². The summed E-state index contributed by atoms with van der Waals surface area (Å²) >= 11 is 0. The third-order valence-electron chi connectivity index (χ3n) is 3.58. The quantitative estimate of drug-likeness (QED) is 0.859. The van der Waals surface area contributed by atoms with E-state index in [4.69, 9.17) is 4.74 Å². The largest absolute Gasteiger partial charge is 0.493 e. The van der Waals surface area contributed by atoms with Gasteiger partial charge in [0.05, 0.1) is 6.61 Å². The van der Waals surface area contributed by atoms with Gasteiger partial charge >= 0.3 is 0 Å². The number of benzene rings is 1. The summed E-state index contributed by atoms with van der Waals surface area (Å²) in [5.41, 5.74) is 1.36. The Morgan fingerprint density at radius 3 is 3.06 bits per heavy atom. The second-order valence-electron chi connectivity index (χ2n) is 5.18. The fraction of sp³-hybridized carbons (Fsp3) is 0.600. The molecule has 1 aliphatic rings. The van der Waals surface area contributed by atoms with Gasteiger partial charge in [-0.2, -0.15) is 0 Å². The second kappa shape index (κ2) is 6.76. The Kier molecular flexibility index (Phi) is 5.02. The molecule has 0 unspecified atom stereocenters. The van der Waals surface area contributed by atoms with Gasteiger partial charge in [0, 0.05) is 19.6 Å². The van der Waals surface area contributed by atoms with Crippen molar-refractivity contribution in [3.63, 3.8) is 0 Å².